The van der Waals surface area contributed by atoms with Crippen molar-refractivity contribution in [2.75, 3.05) is 16.2 Å². The van der Waals surface area contributed by atoms with E-state index in [-0.39, 0.29) is 10.6 Å². The van der Waals surface area contributed by atoms with Crippen molar-refractivity contribution in [1.29, 1.82) is 0 Å². The number of sulfonamides is 1. The molecule has 3 aromatic carbocycles. The van der Waals surface area contributed by atoms with Crippen LogP contribution in [0.25, 0.3) is 0 Å². The van der Waals surface area contributed by atoms with Crippen molar-refractivity contribution in [3.63, 3.8) is 0 Å². The third-order valence-electron chi connectivity index (χ3n) is 4.60. The van der Waals surface area contributed by atoms with Crippen molar-refractivity contribution < 1.29 is 22.0 Å². The highest BCUT2D eigenvalue weighted by Crippen LogP contribution is 2.26. The summed E-state index contributed by atoms with van der Waals surface area (Å²) in [6.45, 7) is 4.89. The summed E-state index contributed by atoms with van der Waals surface area (Å²) in [6, 6.07) is 14.2. The maximum absolute atomic E-state index is 13.9. The highest BCUT2D eigenvalue weighted by atomic mass is 32.2. The lowest BCUT2D eigenvalue weighted by Gasteiger charge is -2.25. The monoisotopic (exact) mass is 444 g/mol. The van der Waals surface area contributed by atoms with Crippen molar-refractivity contribution in [2.24, 2.45) is 0 Å². The molecule has 5 nitrogen and oxygen atoms in total. The molecule has 0 atom stereocenters. The molecule has 31 heavy (non-hydrogen) atoms. The number of anilines is 2. The van der Waals surface area contributed by atoms with Gasteiger partial charge in [-0.3, -0.25) is 9.10 Å². The number of carbonyl (C=O) groups excluding carboxylic acids is 1. The quantitative estimate of drug-likeness (QED) is 0.598. The second kappa shape index (κ2) is 8.85. The minimum Gasteiger partial charge on any atom is -0.322 e. The molecule has 0 radical (unpaired) electrons. The number of aryl methyl sites for hydroxylation is 3. The van der Waals surface area contributed by atoms with Crippen molar-refractivity contribution in [1.82, 2.24) is 0 Å². The van der Waals surface area contributed by atoms with Crippen LogP contribution in [0.4, 0.5) is 20.2 Å². The summed E-state index contributed by atoms with van der Waals surface area (Å²) in [4.78, 5) is 12.7. The second-order valence-electron chi connectivity index (χ2n) is 7.34. The molecule has 3 rings (SSSR count). The number of halogens is 2. The lowest BCUT2D eigenvalue weighted by Crippen LogP contribution is -2.38. The molecule has 1 amide bonds. The molecule has 0 aliphatic carbocycles. The minimum atomic E-state index is -4.09. The molecule has 0 bridgehead atoms. The Morgan fingerprint density at radius 1 is 0.871 bits per heavy atom. The van der Waals surface area contributed by atoms with Crippen LogP contribution in [0.15, 0.2) is 65.6 Å². The first-order valence-electron chi connectivity index (χ1n) is 9.49. The van der Waals surface area contributed by atoms with Gasteiger partial charge in [-0.15, -0.1) is 0 Å². The fraction of sp³-hybridized carbons (Fsp3) is 0.174. The van der Waals surface area contributed by atoms with Crippen LogP contribution in [-0.2, 0) is 14.8 Å². The Balaban J connectivity index is 1.99. The number of nitrogens with zero attached hydrogens (tertiary/aromatic N) is 1. The third kappa shape index (κ3) is 5.27. The summed E-state index contributed by atoms with van der Waals surface area (Å²) in [7, 11) is -4.09. The topological polar surface area (TPSA) is 66.5 Å². The smallest absolute Gasteiger partial charge is 0.264 e. The van der Waals surface area contributed by atoms with Gasteiger partial charge in [0.1, 0.15) is 18.2 Å². The van der Waals surface area contributed by atoms with E-state index in [1.165, 1.54) is 12.1 Å². The Morgan fingerprint density at radius 2 is 1.48 bits per heavy atom. The van der Waals surface area contributed by atoms with E-state index in [1.807, 2.05) is 26.8 Å². The number of hydrogen-bond acceptors (Lipinski definition) is 3. The van der Waals surface area contributed by atoms with Crippen LogP contribution < -0.4 is 9.62 Å². The molecule has 0 saturated heterocycles. The Bertz CT molecular complexity index is 1210. The maximum Gasteiger partial charge on any atom is 0.264 e. The van der Waals surface area contributed by atoms with Gasteiger partial charge in [0.25, 0.3) is 10.0 Å². The third-order valence-corrected chi connectivity index (χ3v) is 6.38. The van der Waals surface area contributed by atoms with Crippen LogP contribution in [0.3, 0.4) is 0 Å². The van der Waals surface area contributed by atoms with E-state index >= 15 is 0 Å². The zero-order valence-corrected chi connectivity index (χ0v) is 18.1. The Hall–Kier alpha value is -3.26. The van der Waals surface area contributed by atoms with Crippen molar-refractivity contribution in [3.8, 4) is 0 Å². The molecule has 0 fully saturated rings. The average molecular weight is 445 g/mol. The van der Waals surface area contributed by atoms with Gasteiger partial charge in [0, 0.05) is 6.07 Å². The first kappa shape index (κ1) is 22.4. The summed E-state index contributed by atoms with van der Waals surface area (Å²) in [6.07, 6.45) is 0. The largest absolute Gasteiger partial charge is 0.322 e. The fourth-order valence-corrected chi connectivity index (χ4v) is 4.56. The molecule has 0 saturated carbocycles. The fourth-order valence-electron chi connectivity index (χ4n) is 3.16. The van der Waals surface area contributed by atoms with Gasteiger partial charge in [0.2, 0.25) is 5.91 Å². The first-order chi connectivity index (χ1) is 14.6. The van der Waals surface area contributed by atoms with Crippen LogP contribution in [0, 0.1) is 32.4 Å². The molecule has 0 unspecified atom stereocenters. The first-order valence-corrected chi connectivity index (χ1v) is 10.9. The van der Waals surface area contributed by atoms with Gasteiger partial charge < -0.3 is 5.32 Å². The molecular formula is C23H22F2N2O3S. The Labute approximate surface area is 180 Å². The predicted octanol–water partition coefficient (Wildman–Crippen LogP) is 4.72. The molecule has 0 spiro atoms. The van der Waals surface area contributed by atoms with E-state index in [0.717, 1.165) is 33.1 Å². The standard InChI is InChI=1S/C23H22F2N2O3S/c1-15-4-7-20(8-5-15)31(29,30)27(19-11-16(2)10-17(3)12-19)14-23(28)26-22-9-6-18(24)13-21(22)25/h4-13H,14H2,1-3H3,(H,26,28). The van der Waals surface area contributed by atoms with E-state index in [4.69, 9.17) is 0 Å². The predicted molar refractivity (Wildman–Crippen MR) is 117 cm³/mol. The van der Waals surface area contributed by atoms with E-state index < -0.39 is 34.1 Å². The molecule has 162 valence electrons. The highest BCUT2D eigenvalue weighted by Gasteiger charge is 2.28. The van der Waals surface area contributed by atoms with Gasteiger partial charge in [0.05, 0.1) is 16.3 Å². The van der Waals surface area contributed by atoms with Crippen LogP contribution >= 0.6 is 0 Å². The number of amides is 1. The summed E-state index contributed by atoms with van der Waals surface area (Å²) >= 11 is 0. The second-order valence-corrected chi connectivity index (χ2v) is 9.21. The van der Waals surface area contributed by atoms with Gasteiger partial charge in [-0.1, -0.05) is 23.8 Å². The summed E-state index contributed by atoms with van der Waals surface area (Å²) in [5, 5.41) is 2.31. The summed E-state index contributed by atoms with van der Waals surface area (Å²) < 4.78 is 54.8. The van der Waals surface area contributed by atoms with E-state index in [0.29, 0.717) is 11.8 Å². The molecule has 0 aromatic heterocycles. The number of rotatable bonds is 6. The van der Waals surface area contributed by atoms with Crippen molar-refractivity contribution in [3.05, 3.63) is 89.0 Å². The van der Waals surface area contributed by atoms with E-state index in [2.05, 4.69) is 5.32 Å². The van der Waals surface area contributed by atoms with Gasteiger partial charge in [-0.05, 0) is 68.3 Å². The number of nitrogens with one attached hydrogen (secondary N) is 1. The lowest BCUT2D eigenvalue weighted by molar-refractivity contribution is -0.114. The summed E-state index contributed by atoms with van der Waals surface area (Å²) in [5.74, 6) is -2.50. The molecule has 0 heterocycles. The maximum atomic E-state index is 13.9. The molecule has 8 heteroatoms. The molecule has 1 N–H and O–H groups in total. The number of benzene rings is 3. The molecule has 3 aromatic rings. The van der Waals surface area contributed by atoms with Crippen molar-refractivity contribution >= 4 is 27.3 Å². The SMILES string of the molecule is Cc1ccc(S(=O)(=O)N(CC(=O)Nc2ccc(F)cc2F)c2cc(C)cc(C)c2)cc1. The zero-order valence-electron chi connectivity index (χ0n) is 17.3. The minimum absolute atomic E-state index is 0.0259. The summed E-state index contributed by atoms with van der Waals surface area (Å²) in [5.41, 5.74) is 2.61. The molecule has 0 aliphatic rings. The van der Waals surface area contributed by atoms with Gasteiger partial charge in [-0.2, -0.15) is 0 Å². The molecular weight excluding hydrogens is 422 g/mol. The molecule has 0 aliphatic heterocycles. The van der Waals surface area contributed by atoms with E-state index in [9.17, 15) is 22.0 Å². The van der Waals surface area contributed by atoms with Crippen LogP contribution in [0.1, 0.15) is 16.7 Å². The Morgan fingerprint density at radius 3 is 2.06 bits per heavy atom. The van der Waals surface area contributed by atoms with Gasteiger partial charge in [-0.25, -0.2) is 17.2 Å². The van der Waals surface area contributed by atoms with Crippen LogP contribution in [0.2, 0.25) is 0 Å². The normalized spacial score (nSPS) is 11.3. The van der Waals surface area contributed by atoms with Crippen molar-refractivity contribution in [2.45, 2.75) is 25.7 Å². The number of hydrogen-bond donors (Lipinski definition) is 1. The van der Waals surface area contributed by atoms with Gasteiger partial charge >= 0.3 is 0 Å². The zero-order chi connectivity index (χ0) is 22.8. The average Bonchev–Trinajstić information content (AvgIpc) is 2.68. The van der Waals surface area contributed by atoms with E-state index in [1.54, 1.807) is 24.3 Å². The Kier molecular flexibility index (Phi) is 6.40. The van der Waals surface area contributed by atoms with Gasteiger partial charge in [0.15, 0.2) is 0 Å². The number of carbonyl (C=O) groups is 1. The highest BCUT2D eigenvalue weighted by molar-refractivity contribution is 7.92. The van der Waals surface area contributed by atoms with Crippen LogP contribution in [0.5, 0.6) is 0 Å². The lowest BCUT2D eigenvalue weighted by atomic mass is 10.1. The van der Waals surface area contributed by atoms with Crippen LogP contribution in [-0.4, -0.2) is 20.9 Å².